The number of methoxy groups -OCH3 is 1. The number of aromatic nitrogens is 2. The molecule has 0 aliphatic carbocycles. The third kappa shape index (κ3) is 3.73. The van der Waals surface area contributed by atoms with Crippen molar-refractivity contribution in [2.24, 2.45) is 0 Å². The highest BCUT2D eigenvalue weighted by atomic mass is 32.2. The number of nitrogens with one attached hydrogen (secondary N) is 1. The summed E-state index contributed by atoms with van der Waals surface area (Å²) < 4.78 is 33.5. The molecule has 3 aromatic rings. The number of sulfonamides is 1. The van der Waals surface area contributed by atoms with Crippen LogP contribution in [0.25, 0.3) is 11.0 Å². The van der Waals surface area contributed by atoms with Gasteiger partial charge in [-0.15, -0.1) is 0 Å². The Kier molecular flexibility index (Phi) is 5.06. The highest BCUT2D eigenvalue weighted by Gasteiger charge is 2.27. The van der Waals surface area contributed by atoms with E-state index in [2.05, 4.69) is 14.7 Å². The molecule has 1 aliphatic heterocycles. The van der Waals surface area contributed by atoms with E-state index in [1.165, 1.54) is 19.2 Å². The predicted molar refractivity (Wildman–Crippen MR) is 110 cm³/mol. The number of ether oxygens (including phenoxy) is 1. The zero-order valence-electron chi connectivity index (χ0n) is 15.8. The predicted octanol–water partition coefficient (Wildman–Crippen LogP) is 2.82. The van der Waals surface area contributed by atoms with Crippen molar-refractivity contribution >= 4 is 38.7 Å². The highest BCUT2D eigenvalue weighted by molar-refractivity contribution is 7.92. The van der Waals surface area contributed by atoms with Gasteiger partial charge in [0.1, 0.15) is 4.90 Å². The van der Waals surface area contributed by atoms with Gasteiger partial charge in [-0.2, -0.15) is 0 Å². The van der Waals surface area contributed by atoms with Gasteiger partial charge in [-0.25, -0.2) is 23.2 Å². The molecule has 2 heterocycles. The number of esters is 1. The smallest absolute Gasteiger partial charge is 0.339 e. The van der Waals surface area contributed by atoms with Crippen molar-refractivity contribution in [2.75, 3.05) is 29.8 Å². The van der Waals surface area contributed by atoms with Gasteiger partial charge >= 0.3 is 5.97 Å². The van der Waals surface area contributed by atoms with E-state index in [-0.39, 0.29) is 16.3 Å². The first-order valence-corrected chi connectivity index (χ1v) is 10.7. The van der Waals surface area contributed by atoms with Crippen LogP contribution < -0.4 is 9.62 Å². The third-order valence-electron chi connectivity index (χ3n) is 4.77. The zero-order chi connectivity index (χ0) is 20.4. The van der Waals surface area contributed by atoms with Crippen LogP contribution in [0.3, 0.4) is 0 Å². The first-order valence-electron chi connectivity index (χ1n) is 9.21. The fourth-order valence-electron chi connectivity index (χ4n) is 3.37. The summed E-state index contributed by atoms with van der Waals surface area (Å²) in [6.07, 6.45) is 2.01. The molecule has 2 aromatic carbocycles. The number of rotatable bonds is 5. The third-order valence-corrected chi connectivity index (χ3v) is 6.17. The standard InChI is InChI=1S/C20H20N4O4S/c1-28-20(25)14-8-2-5-11-17(14)29(26,27)23-18-19(24-12-6-7-13-24)22-16-10-4-3-9-15(16)21-18/h2-5,8-11H,6-7,12-13H2,1H3,(H,21,23). The second-order valence-corrected chi connectivity index (χ2v) is 8.32. The van der Waals surface area contributed by atoms with E-state index in [4.69, 9.17) is 4.74 Å². The van der Waals surface area contributed by atoms with Crippen LogP contribution in [0.5, 0.6) is 0 Å². The number of anilines is 2. The number of nitrogens with zero attached hydrogens (tertiary/aromatic N) is 3. The van der Waals surface area contributed by atoms with Crippen molar-refractivity contribution in [1.29, 1.82) is 0 Å². The van der Waals surface area contributed by atoms with Gasteiger partial charge < -0.3 is 9.64 Å². The van der Waals surface area contributed by atoms with Gasteiger partial charge in [0.05, 0.1) is 23.7 Å². The lowest BCUT2D eigenvalue weighted by Gasteiger charge is -2.20. The number of carbonyl (C=O) groups excluding carboxylic acids is 1. The molecule has 1 N–H and O–H groups in total. The van der Waals surface area contributed by atoms with Crippen LogP contribution in [0.15, 0.2) is 53.4 Å². The lowest BCUT2D eigenvalue weighted by molar-refractivity contribution is 0.0596. The van der Waals surface area contributed by atoms with Gasteiger partial charge in [0.2, 0.25) is 0 Å². The molecule has 1 aromatic heterocycles. The summed E-state index contributed by atoms with van der Waals surface area (Å²) >= 11 is 0. The molecular formula is C20H20N4O4S. The van der Waals surface area contributed by atoms with Crippen molar-refractivity contribution in [3.05, 3.63) is 54.1 Å². The normalized spacial score (nSPS) is 14.2. The minimum Gasteiger partial charge on any atom is -0.465 e. The monoisotopic (exact) mass is 412 g/mol. The van der Waals surface area contributed by atoms with E-state index in [1.54, 1.807) is 18.2 Å². The number of para-hydroxylation sites is 2. The molecule has 0 amide bonds. The molecule has 1 aliphatic rings. The number of benzene rings is 2. The van der Waals surface area contributed by atoms with E-state index in [0.717, 1.165) is 25.9 Å². The Balaban J connectivity index is 1.81. The highest BCUT2D eigenvalue weighted by Crippen LogP contribution is 2.30. The van der Waals surface area contributed by atoms with E-state index in [9.17, 15) is 13.2 Å². The summed E-state index contributed by atoms with van der Waals surface area (Å²) in [5, 5.41) is 0. The maximum absolute atomic E-state index is 13.1. The largest absolute Gasteiger partial charge is 0.465 e. The van der Waals surface area contributed by atoms with Gasteiger partial charge in [0.25, 0.3) is 10.0 Å². The fourth-order valence-corrected chi connectivity index (χ4v) is 4.57. The lowest BCUT2D eigenvalue weighted by Crippen LogP contribution is -2.24. The molecule has 0 radical (unpaired) electrons. The molecular weight excluding hydrogens is 392 g/mol. The van der Waals surface area contributed by atoms with Gasteiger partial charge in [-0.3, -0.25) is 4.72 Å². The lowest BCUT2D eigenvalue weighted by atomic mass is 10.2. The second-order valence-electron chi connectivity index (χ2n) is 6.67. The average molecular weight is 412 g/mol. The van der Waals surface area contributed by atoms with Gasteiger partial charge in [0.15, 0.2) is 11.6 Å². The summed E-state index contributed by atoms with van der Waals surface area (Å²) in [5.41, 5.74) is 1.22. The summed E-state index contributed by atoms with van der Waals surface area (Å²) in [7, 11) is -2.89. The van der Waals surface area contributed by atoms with E-state index in [1.807, 2.05) is 23.1 Å². The van der Waals surface area contributed by atoms with Gasteiger partial charge in [-0.05, 0) is 37.1 Å². The molecule has 150 valence electrons. The summed E-state index contributed by atoms with van der Waals surface area (Å²) in [4.78, 5) is 23.0. The summed E-state index contributed by atoms with van der Waals surface area (Å²) in [6, 6.07) is 13.2. The Morgan fingerprint density at radius 2 is 1.62 bits per heavy atom. The van der Waals surface area contributed by atoms with E-state index < -0.39 is 16.0 Å². The zero-order valence-corrected chi connectivity index (χ0v) is 16.6. The first-order chi connectivity index (χ1) is 14.0. The molecule has 29 heavy (non-hydrogen) atoms. The van der Waals surface area contributed by atoms with E-state index in [0.29, 0.717) is 16.9 Å². The molecule has 1 fully saturated rings. The van der Waals surface area contributed by atoms with Crippen LogP contribution in [0.4, 0.5) is 11.6 Å². The minimum atomic E-state index is -4.10. The fraction of sp³-hybridized carbons (Fsp3) is 0.250. The molecule has 0 bridgehead atoms. The molecule has 8 nitrogen and oxygen atoms in total. The van der Waals surface area contributed by atoms with Gasteiger partial charge in [-0.1, -0.05) is 24.3 Å². The molecule has 0 saturated carbocycles. The molecule has 1 saturated heterocycles. The average Bonchev–Trinajstić information content (AvgIpc) is 3.27. The van der Waals surface area contributed by atoms with Crippen LogP contribution in [0, 0.1) is 0 Å². The SMILES string of the molecule is COC(=O)c1ccccc1S(=O)(=O)Nc1nc2ccccc2nc1N1CCCC1. The van der Waals surface area contributed by atoms with Crippen molar-refractivity contribution in [1.82, 2.24) is 9.97 Å². The molecule has 0 spiro atoms. The van der Waals surface area contributed by atoms with Crippen molar-refractivity contribution in [3.63, 3.8) is 0 Å². The quantitative estimate of drug-likeness (QED) is 0.643. The number of carbonyl (C=O) groups is 1. The van der Waals surface area contributed by atoms with Crippen molar-refractivity contribution in [2.45, 2.75) is 17.7 Å². The second kappa shape index (κ2) is 7.67. The Morgan fingerprint density at radius 3 is 2.31 bits per heavy atom. The molecule has 4 rings (SSSR count). The van der Waals surface area contributed by atoms with Crippen LogP contribution in [0.1, 0.15) is 23.2 Å². The Hall–Kier alpha value is -3.20. The maximum atomic E-state index is 13.1. The van der Waals surface area contributed by atoms with Crippen LogP contribution >= 0.6 is 0 Å². The number of fused-ring (bicyclic) bond motifs is 1. The van der Waals surface area contributed by atoms with Crippen LogP contribution in [-0.4, -0.2) is 44.6 Å². The Labute approximate surface area is 168 Å². The Morgan fingerprint density at radius 1 is 1.00 bits per heavy atom. The number of hydrogen-bond acceptors (Lipinski definition) is 7. The molecule has 9 heteroatoms. The summed E-state index contributed by atoms with van der Waals surface area (Å²) in [5.74, 6) is -0.0964. The minimum absolute atomic E-state index is 0.0426. The topological polar surface area (TPSA) is 101 Å². The van der Waals surface area contributed by atoms with Crippen LogP contribution in [0.2, 0.25) is 0 Å². The van der Waals surface area contributed by atoms with Crippen molar-refractivity contribution in [3.8, 4) is 0 Å². The van der Waals surface area contributed by atoms with Crippen molar-refractivity contribution < 1.29 is 17.9 Å². The molecule has 0 atom stereocenters. The summed E-state index contributed by atoms with van der Waals surface area (Å²) in [6.45, 7) is 1.56. The maximum Gasteiger partial charge on any atom is 0.339 e. The van der Waals surface area contributed by atoms with Crippen LogP contribution in [-0.2, 0) is 14.8 Å². The Bertz CT molecular complexity index is 1170. The van der Waals surface area contributed by atoms with E-state index >= 15 is 0 Å². The van der Waals surface area contributed by atoms with Gasteiger partial charge in [0, 0.05) is 13.1 Å². The number of hydrogen-bond donors (Lipinski definition) is 1. The molecule has 0 unspecified atom stereocenters. The first kappa shape index (κ1) is 19.1.